The first-order valence-electron chi connectivity index (χ1n) is 9.49. The van der Waals surface area contributed by atoms with Crippen molar-refractivity contribution in [3.63, 3.8) is 0 Å². The molecule has 1 unspecified atom stereocenters. The van der Waals surface area contributed by atoms with Crippen LogP contribution in [0, 0.1) is 0 Å². The second-order valence-corrected chi connectivity index (χ2v) is 6.96. The number of nitrogens with one attached hydrogen (secondary N) is 2. The fourth-order valence-electron chi connectivity index (χ4n) is 2.97. The Balaban J connectivity index is 1.71. The van der Waals surface area contributed by atoms with E-state index in [1.54, 1.807) is 0 Å². The molecule has 2 aromatic rings. The molecule has 1 atom stereocenters. The number of benzene rings is 2. The smallest absolute Gasteiger partial charge is 0.275 e. The van der Waals surface area contributed by atoms with E-state index in [-0.39, 0.29) is 5.91 Å². The van der Waals surface area contributed by atoms with Gasteiger partial charge in [0.1, 0.15) is 6.54 Å². The molecule has 0 aromatic heterocycles. The molecule has 26 heavy (non-hydrogen) atoms. The zero-order chi connectivity index (χ0) is 18.8. The van der Waals surface area contributed by atoms with E-state index >= 15 is 0 Å². The van der Waals surface area contributed by atoms with E-state index in [0.717, 1.165) is 32.5 Å². The number of quaternary nitrogens is 1. The maximum Gasteiger partial charge on any atom is 0.275 e. The highest BCUT2D eigenvalue weighted by atomic mass is 16.2. The Morgan fingerprint density at radius 2 is 1.69 bits per heavy atom. The predicted molar refractivity (Wildman–Crippen MR) is 109 cm³/mol. The third kappa shape index (κ3) is 6.89. The molecule has 4 heteroatoms. The number of amides is 1. The van der Waals surface area contributed by atoms with Gasteiger partial charge in [0.05, 0.1) is 6.54 Å². The molecule has 0 aliphatic carbocycles. The van der Waals surface area contributed by atoms with Crippen LogP contribution in [0.5, 0.6) is 0 Å². The number of hydrogen-bond donors (Lipinski definition) is 2. The van der Waals surface area contributed by atoms with E-state index in [4.69, 9.17) is 0 Å². The molecule has 0 fully saturated rings. The lowest BCUT2D eigenvalue weighted by atomic mass is 10.1. The quantitative estimate of drug-likeness (QED) is 0.640. The van der Waals surface area contributed by atoms with Gasteiger partial charge in [-0.05, 0) is 37.5 Å². The summed E-state index contributed by atoms with van der Waals surface area (Å²) >= 11 is 0. The molecule has 0 spiro atoms. The fraction of sp³-hybridized carbons (Fsp3) is 0.409. The average molecular weight is 355 g/mol. The molecule has 2 rings (SSSR count). The Morgan fingerprint density at radius 3 is 2.31 bits per heavy atom. The molecule has 2 N–H and O–H groups in total. The van der Waals surface area contributed by atoms with Gasteiger partial charge in [-0.1, -0.05) is 42.5 Å². The maximum atomic E-state index is 12.2. The van der Waals surface area contributed by atoms with Crippen molar-refractivity contribution >= 4 is 11.6 Å². The number of carbonyl (C=O) groups excluding carboxylic acids is 1. The van der Waals surface area contributed by atoms with E-state index in [1.165, 1.54) is 21.7 Å². The lowest BCUT2D eigenvalue weighted by molar-refractivity contribution is -0.904. The van der Waals surface area contributed by atoms with Crippen molar-refractivity contribution in [2.45, 2.75) is 26.3 Å². The number of rotatable bonds is 10. The van der Waals surface area contributed by atoms with Crippen molar-refractivity contribution in [2.24, 2.45) is 0 Å². The molecule has 4 nitrogen and oxygen atoms in total. The van der Waals surface area contributed by atoms with Gasteiger partial charge in [-0.15, -0.1) is 0 Å². The molecule has 0 aliphatic heterocycles. The number of aryl methyl sites for hydroxylation is 1. The zero-order valence-corrected chi connectivity index (χ0v) is 16.3. The lowest BCUT2D eigenvalue weighted by Gasteiger charge is -2.18. The molecular weight excluding hydrogens is 322 g/mol. The number of likely N-dealkylation sites (N-methyl/N-ethyl adjacent to an activating group) is 1. The summed E-state index contributed by atoms with van der Waals surface area (Å²) in [5.41, 5.74) is 3.79. The van der Waals surface area contributed by atoms with Gasteiger partial charge in [-0.25, -0.2) is 0 Å². The molecule has 2 aromatic carbocycles. The van der Waals surface area contributed by atoms with Gasteiger partial charge in [0.2, 0.25) is 0 Å². The van der Waals surface area contributed by atoms with Crippen molar-refractivity contribution < 1.29 is 9.69 Å². The normalized spacial score (nSPS) is 11.8. The van der Waals surface area contributed by atoms with Crippen molar-refractivity contribution in [3.8, 4) is 0 Å². The summed E-state index contributed by atoms with van der Waals surface area (Å²) < 4.78 is 0. The van der Waals surface area contributed by atoms with Crippen LogP contribution in [-0.2, 0) is 17.8 Å². The average Bonchev–Trinajstić information content (AvgIpc) is 2.66. The minimum Gasteiger partial charge on any atom is -0.378 e. The fourth-order valence-corrected chi connectivity index (χ4v) is 2.97. The summed E-state index contributed by atoms with van der Waals surface area (Å²) in [4.78, 5) is 15.6. The van der Waals surface area contributed by atoms with Crippen LogP contribution in [0.1, 0.15) is 24.5 Å². The highest BCUT2D eigenvalue weighted by Gasteiger charge is 2.13. The van der Waals surface area contributed by atoms with Gasteiger partial charge < -0.3 is 15.1 Å². The topological polar surface area (TPSA) is 36.8 Å². The largest absolute Gasteiger partial charge is 0.378 e. The van der Waals surface area contributed by atoms with Gasteiger partial charge in [-0.3, -0.25) is 4.79 Å². The number of carbonyl (C=O) groups is 1. The van der Waals surface area contributed by atoms with Gasteiger partial charge >= 0.3 is 0 Å². The van der Waals surface area contributed by atoms with Crippen LogP contribution in [0.15, 0.2) is 54.6 Å². The summed E-state index contributed by atoms with van der Waals surface area (Å²) in [5, 5.41) is 3.06. The Bertz CT molecular complexity index is 653. The molecule has 0 saturated heterocycles. The van der Waals surface area contributed by atoms with E-state index in [2.05, 4.69) is 65.7 Å². The van der Waals surface area contributed by atoms with E-state index in [0.29, 0.717) is 6.54 Å². The third-order valence-electron chi connectivity index (χ3n) is 4.62. The Kier molecular flexibility index (Phi) is 8.16. The zero-order valence-electron chi connectivity index (χ0n) is 16.3. The first-order valence-corrected chi connectivity index (χ1v) is 9.49. The van der Waals surface area contributed by atoms with Crippen LogP contribution in [0.4, 0.5) is 5.69 Å². The Labute approximate surface area is 157 Å². The van der Waals surface area contributed by atoms with Crippen LogP contribution in [0.3, 0.4) is 0 Å². The first kappa shape index (κ1) is 20.0. The van der Waals surface area contributed by atoms with Gasteiger partial charge in [0.15, 0.2) is 6.54 Å². The second-order valence-electron chi connectivity index (χ2n) is 6.96. The van der Waals surface area contributed by atoms with Gasteiger partial charge in [0, 0.05) is 31.9 Å². The Hall–Kier alpha value is -2.33. The number of nitrogens with zero attached hydrogens (tertiary/aromatic N) is 1. The van der Waals surface area contributed by atoms with Crippen molar-refractivity contribution in [2.75, 3.05) is 38.6 Å². The first-order chi connectivity index (χ1) is 12.6. The van der Waals surface area contributed by atoms with Crippen molar-refractivity contribution in [1.29, 1.82) is 0 Å². The predicted octanol–water partition coefficient (Wildman–Crippen LogP) is 1.91. The summed E-state index contributed by atoms with van der Waals surface area (Å²) in [5.74, 6) is 0.139. The highest BCUT2D eigenvalue weighted by Crippen LogP contribution is 2.11. The van der Waals surface area contributed by atoms with E-state index in [9.17, 15) is 4.79 Å². The monoisotopic (exact) mass is 354 g/mol. The molecule has 0 saturated carbocycles. The minimum atomic E-state index is 0.139. The Morgan fingerprint density at radius 1 is 1.00 bits per heavy atom. The van der Waals surface area contributed by atoms with Gasteiger partial charge in [-0.2, -0.15) is 0 Å². The summed E-state index contributed by atoms with van der Waals surface area (Å²) in [6.07, 6.45) is 1.98. The molecule has 0 heterocycles. The summed E-state index contributed by atoms with van der Waals surface area (Å²) in [6, 6.07) is 19.0. The molecule has 0 radical (unpaired) electrons. The van der Waals surface area contributed by atoms with Crippen LogP contribution in [-0.4, -0.2) is 39.6 Å². The number of anilines is 1. The van der Waals surface area contributed by atoms with Crippen LogP contribution < -0.4 is 15.1 Å². The third-order valence-corrected chi connectivity index (χ3v) is 4.62. The number of hydrogen-bond acceptors (Lipinski definition) is 2. The second kappa shape index (κ2) is 10.6. The lowest BCUT2D eigenvalue weighted by Crippen LogP contribution is -3.11. The van der Waals surface area contributed by atoms with Crippen LogP contribution in [0.25, 0.3) is 0 Å². The maximum absolute atomic E-state index is 12.2. The van der Waals surface area contributed by atoms with E-state index in [1.807, 2.05) is 20.2 Å². The van der Waals surface area contributed by atoms with Crippen molar-refractivity contribution in [1.82, 2.24) is 5.32 Å². The molecule has 140 valence electrons. The molecular formula is C22H32N3O+. The summed E-state index contributed by atoms with van der Waals surface area (Å²) in [6.45, 7) is 5.21. The van der Waals surface area contributed by atoms with E-state index < -0.39 is 0 Å². The summed E-state index contributed by atoms with van der Waals surface area (Å²) in [7, 11) is 4.08. The SMILES string of the molecule is CC[NH+](CC(=O)NCCCc1ccccc1)Cc1ccc(N(C)C)cc1. The molecule has 0 aliphatic rings. The highest BCUT2D eigenvalue weighted by molar-refractivity contribution is 5.76. The molecule has 1 amide bonds. The van der Waals surface area contributed by atoms with Crippen LogP contribution >= 0.6 is 0 Å². The molecule has 0 bridgehead atoms. The van der Waals surface area contributed by atoms with Crippen LogP contribution in [0.2, 0.25) is 0 Å². The minimum absolute atomic E-state index is 0.139. The van der Waals surface area contributed by atoms with Crippen molar-refractivity contribution in [3.05, 3.63) is 65.7 Å². The standard InChI is InChI=1S/C22H31N3O/c1-4-25(17-20-12-14-21(15-13-20)24(2)3)18-22(26)23-16-8-11-19-9-6-5-7-10-19/h5-7,9-10,12-15H,4,8,11,16-18H2,1-3H3,(H,23,26)/p+1. The van der Waals surface area contributed by atoms with Gasteiger partial charge in [0.25, 0.3) is 5.91 Å².